The molecular weight excluding hydrogens is 338 g/mol. The first-order valence-electron chi connectivity index (χ1n) is 9.14. The van der Waals surface area contributed by atoms with Gasteiger partial charge < -0.3 is 10.6 Å². The van der Waals surface area contributed by atoms with Crippen LogP contribution in [0.3, 0.4) is 0 Å². The Balaban J connectivity index is 1.52. The standard InChI is InChI=1S/C18H27N3O3S/c1-2-25(23,24)21-15-9-7-13(8-10-15)18(22)20-17-12-11-16(17)19-14-5-3-4-6-14/h7-10,14,16-17,19,21H,2-6,11-12H2,1H3,(H,20,22). The topological polar surface area (TPSA) is 87.3 Å². The van der Waals surface area contributed by atoms with Crippen LogP contribution in [-0.2, 0) is 10.0 Å². The van der Waals surface area contributed by atoms with E-state index in [4.69, 9.17) is 0 Å². The second-order valence-corrected chi connectivity index (χ2v) is 9.01. The summed E-state index contributed by atoms with van der Waals surface area (Å²) in [5.41, 5.74) is 1.02. The van der Waals surface area contributed by atoms with Gasteiger partial charge in [0.1, 0.15) is 0 Å². The zero-order chi connectivity index (χ0) is 17.9. The van der Waals surface area contributed by atoms with Crippen molar-refractivity contribution in [3.8, 4) is 0 Å². The van der Waals surface area contributed by atoms with Crippen LogP contribution in [0.5, 0.6) is 0 Å². The molecule has 2 atom stereocenters. The van der Waals surface area contributed by atoms with Crippen molar-refractivity contribution in [2.45, 2.75) is 63.6 Å². The molecule has 1 aromatic rings. The number of rotatable bonds is 7. The molecule has 7 heteroatoms. The van der Waals surface area contributed by atoms with Crippen molar-refractivity contribution < 1.29 is 13.2 Å². The molecule has 25 heavy (non-hydrogen) atoms. The van der Waals surface area contributed by atoms with Crippen LogP contribution in [0.25, 0.3) is 0 Å². The Bertz CT molecular complexity index is 697. The third kappa shape index (κ3) is 4.73. The van der Waals surface area contributed by atoms with Crippen LogP contribution < -0.4 is 15.4 Å². The molecule has 0 bridgehead atoms. The Kier molecular flexibility index (Phi) is 5.64. The first-order chi connectivity index (χ1) is 12.0. The number of amides is 1. The molecule has 6 nitrogen and oxygen atoms in total. The Labute approximate surface area is 149 Å². The number of benzene rings is 1. The van der Waals surface area contributed by atoms with Crippen LogP contribution in [0.4, 0.5) is 5.69 Å². The minimum atomic E-state index is -3.30. The van der Waals surface area contributed by atoms with Crippen molar-refractivity contribution in [3.05, 3.63) is 29.8 Å². The molecule has 1 amide bonds. The van der Waals surface area contributed by atoms with E-state index in [0.717, 1.165) is 12.8 Å². The molecule has 3 rings (SSSR count). The molecule has 138 valence electrons. The normalized spacial score (nSPS) is 23.9. The van der Waals surface area contributed by atoms with Gasteiger partial charge in [-0.1, -0.05) is 12.8 Å². The third-order valence-electron chi connectivity index (χ3n) is 5.20. The predicted molar refractivity (Wildman–Crippen MR) is 99.2 cm³/mol. The van der Waals surface area contributed by atoms with Gasteiger partial charge in [0.2, 0.25) is 10.0 Å². The SMILES string of the molecule is CCS(=O)(=O)Nc1ccc(C(=O)NC2CCC2NC2CCCC2)cc1. The van der Waals surface area contributed by atoms with E-state index in [1.165, 1.54) is 25.7 Å². The monoisotopic (exact) mass is 365 g/mol. The summed E-state index contributed by atoms with van der Waals surface area (Å²) in [5.74, 6) is -0.0837. The fourth-order valence-electron chi connectivity index (χ4n) is 3.46. The summed E-state index contributed by atoms with van der Waals surface area (Å²) in [4.78, 5) is 12.4. The number of carbonyl (C=O) groups excluding carboxylic acids is 1. The van der Waals surface area contributed by atoms with Gasteiger partial charge in [-0.15, -0.1) is 0 Å². The molecule has 2 aliphatic rings. The van der Waals surface area contributed by atoms with E-state index in [-0.39, 0.29) is 17.7 Å². The van der Waals surface area contributed by atoms with Gasteiger partial charge in [-0.25, -0.2) is 8.42 Å². The summed E-state index contributed by atoms with van der Waals surface area (Å²) < 4.78 is 25.6. The Morgan fingerprint density at radius 2 is 1.68 bits per heavy atom. The van der Waals surface area contributed by atoms with E-state index in [2.05, 4.69) is 15.4 Å². The number of hydrogen-bond donors (Lipinski definition) is 3. The lowest BCUT2D eigenvalue weighted by Gasteiger charge is -2.39. The largest absolute Gasteiger partial charge is 0.348 e. The number of anilines is 1. The van der Waals surface area contributed by atoms with Crippen LogP contribution in [0.1, 0.15) is 55.8 Å². The molecule has 0 aromatic heterocycles. The highest BCUT2D eigenvalue weighted by Gasteiger charge is 2.34. The zero-order valence-corrected chi connectivity index (χ0v) is 15.4. The highest BCUT2D eigenvalue weighted by Crippen LogP contribution is 2.25. The molecule has 2 unspecified atom stereocenters. The quantitative estimate of drug-likeness (QED) is 0.691. The number of nitrogens with one attached hydrogen (secondary N) is 3. The molecule has 3 N–H and O–H groups in total. The van der Waals surface area contributed by atoms with Crippen molar-refractivity contribution in [1.29, 1.82) is 0 Å². The molecule has 2 fully saturated rings. The van der Waals surface area contributed by atoms with Crippen LogP contribution >= 0.6 is 0 Å². The van der Waals surface area contributed by atoms with Crippen molar-refractivity contribution in [3.63, 3.8) is 0 Å². The van der Waals surface area contributed by atoms with E-state index in [9.17, 15) is 13.2 Å². The van der Waals surface area contributed by atoms with Crippen molar-refractivity contribution in [1.82, 2.24) is 10.6 Å². The summed E-state index contributed by atoms with van der Waals surface area (Å²) in [6.45, 7) is 1.58. The number of sulfonamides is 1. The maximum absolute atomic E-state index is 12.4. The molecule has 0 radical (unpaired) electrons. The molecule has 0 heterocycles. The average Bonchev–Trinajstić information content (AvgIpc) is 3.10. The first kappa shape index (κ1) is 18.2. The lowest BCUT2D eigenvalue weighted by molar-refractivity contribution is 0.0889. The Morgan fingerprint density at radius 1 is 1.04 bits per heavy atom. The van der Waals surface area contributed by atoms with Gasteiger partial charge in [-0.3, -0.25) is 9.52 Å². The fourth-order valence-corrected chi connectivity index (χ4v) is 4.10. The van der Waals surface area contributed by atoms with Gasteiger partial charge in [0.15, 0.2) is 0 Å². The van der Waals surface area contributed by atoms with Crippen molar-refractivity contribution in [2.75, 3.05) is 10.5 Å². The molecule has 0 aliphatic heterocycles. The van der Waals surface area contributed by atoms with E-state index in [1.807, 2.05) is 0 Å². The second-order valence-electron chi connectivity index (χ2n) is 6.99. The maximum Gasteiger partial charge on any atom is 0.251 e. The smallest absolute Gasteiger partial charge is 0.251 e. The minimum absolute atomic E-state index is 0.0201. The van der Waals surface area contributed by atoms with Crippen LogP contribution in [0, 0.1) is 0 Å². The molecule has 0 saturated heterocycles. The molecule has 2 saturated carbocycles. The maximum atomic E-state index is 12.4. The van der Waals surface area contributed by atoms with Crippen molar-refractivity contribution in [2.24, 2.45) is 0 Å². The first-order valence-corrected chi connectivity index (χ1v) is 10.8. The predicted octanol–water partition coefficient (Wildman–Crippen LogP) is 2.24. The van der Waals surface area contributed by atoms with Gasteiger partial charge in [0.05, 0.1) is 5.75 Å². The van der Waals surface area contributed by atoms with Gasteiger partial charge in [-0.05, 0) is 56.9 Å². The average molecular weight is 365 g/mol. The Hall–Kier alpha value is -1.60. The van der Waals surface area contributed by atoms with Crippen molar-refractivity contribution >= 4 is 21.6 Å². The summed E-state index contributed by atoms with van der Waals surface area (Å²) in [5, 5.41) is 6.77. The minimum Gasteiger partial charge on any atom is -0.348 e. The van der Waals surface area contributed by atoms with Crippen LogP contribution in [0.15, 0.2) is 24.3 Å². The van der Waals surface area contributed by atoms with E-state index >= 15 is 0 Å². The lowest BCUT2D eigenvalue weighted by Crippen LogP contribution is -2.58. The van der Waals surface area contributed by atoms with Gasteiger partial charge in [0.25, 0.3) is 5.91 Å². The number of hydrogen-bond acceptors (Lipinski definition) is 4. The molecular formula is C18H27N3O3S. The van der Waals surface area contributed by atoms with E-state index in [0.29, 0.717) is 23.3 Å². The molecule has 1 aromatic carbocycles. The summed E-state index contributed by atoms with van der Waals surface area (Å²) in [7, 11) is -3.30. The van der Waals surface area contributed by atoms with Gasteiger partial charge in [0, 0.05) is 29.4 Å². The molecule has 0 spiro atoms. The lowest BCUT2D eigenvalue weighted by atomic mass is 9.85. The Morgan fingerprint density at radius 3 is 2.24 bits per heavy atom. The summed E-state index contributed by atoms with van der Waals surface area (Å²) >= 11 is 0. The highest BCUT2D eigenvalue weighted by molar-refractivity contribution is 7.92. The number of carbonyl (C=O) groups is 1. The summed E-state index contributed by atoms with van der Waals surface area (Å²) in [6.07, 6.45) is 7.20. The fraction of sp³-hybridized carbons (Fsp3) is 0.611. The second kappa shape index (κ2) is 7.74. The van der Waals surface area contributed by atoms with E-state index in [1.54, 1.807) is 31.2 Å². The molecule has 2 aliphatic carbocycles. The van der Waals surface area contributed by atoms with E-state index < -0.39 is 10.0 Å². The van der Waals surface area contributed by atoms with Crippen LogP contribution in [0.2, 0.25) is 0 Å². The van der Waals surface area contributed by atoms with Gasteiger partial charge in [-0.2, -0.15) is 0 Å². The summed E-state index contributed by atoms with van der Waals surface area (Å²) in [6, 6.07) is 7.72. The third-order valence-corrected chi connectivity index (χ3v) is 6.50. The zero-order valence-electron chi connectivity index (χ0n) is 14.6. The van der Waals surface area contributed by atoms with Gasteiger partial charge >= 0.3 is 0 Å². The van der Waals surface area contributed by atoms with Crippen LogP contribution in [-0.4, -0.2) is 38.2 Å². The highest BCUT2D eigenvalue weighted by atomic mass is 32.2.